The van der Waals surface area contributed by atoms with E-state index in [2.05, 4.69) is 0 Å². The minimum atomic E-state index is -0.0887. The Labute approximate surface area is 124 Å². The lowest BCUT2D eigenvalue weighted by molar-refractivity contribution is 0.0739. The van der Waals surface area contributed by atoms with Crippen molar-refractivity contribution in [3.05, 3.63) is 42.0 Å². The third-order valence-electron chi connectivity index (χ3n) is 3.98. The molecule has 110 valence electrons. The fourth-order valence-electron chi connectivity index (χ4n) is 2.68. The number of nitrogens with zero attached hydrogens (tertiary/aromatic N) is 1. The van der Waals surface area contributed by atoms with Crippen LogP contribution in [0, 0.1) is 0 Å². The fraction of sp³-hybridized carbons (Fsp3) is 0.353. The first-order chi connectivity index (χ1) is 10.2. The minimum Gasteiger partial charge on any atom is -0.506 e. The van der Waals surface area contributed by atoms with Gasteiger partial charge in [0, 0.05) is 18.0 Å². The number of phenols is 1. The van der Waals surface area contributed by atoms with Crippen molar-refractivity contribution in [3.63, 3.8) is 0 Å². The summed E-state index contributed by atoms with van der Waals surface area (Å²) in [6, 6.07) is 11.5. The third-order valence-corrected chi connectivity index (χ3v) is 3.98. The second-order valence-electron chi connectivity index (χ2n) is 5.55. The summed E-state index contributed by atoms with van der Waals surface area (Å²) >= 11 is 0. The SMILES string of the molecule is NCCCN(C(=O)c1ccc2ccccc2c1O)C1CC1. The normalized spacial score (nSPS) is 14.3. The zero-order valence-corrected chi connectivity index (χ0v) is 12.0. The molecule has 0 spiro atoms. The Balaban J connectivity index is 1.94. The van der Waals surface area contributed by atoms with Crippen LogP contribution in [0.25, 0.3) is 10.8 Å². The van der Waals surface area contributed by atoms with Crippen LogP contribution < -0.4 is 5.73 Å². The monoisotopic (exact) mass is 284 g/mol. The number of aromatic hydroxyl groups is 1. The number of nitrogens with two attached hydrogens (primary N) is 1. The van der Waals surface area contributed by atoms with E-state index in [9.17, 15) is 9.90 Å². The maximum absolute atomic E-state index is 12.7. The molecule has 4 nitrogen and oxygen atoms in total. The van der Waals surface area contributed by atoms with E-state index in [1.165, 1.54) is 0 Å². The number of amides is 1. The van der Waals surface area contributed by atoms with Crippen molar-refractivity contribution in [1.29, 1.82) is 0 Å². The van der Waals surface area contributed by atoms with Gasteiger partial charge in [-0.05, 0) is 37.3 Å². The summed E-state index contributed by atoms with van der Waals surface area (Å²) < 4.78 is 0. The highest BCUT2D eigenvalue weighted by atomic mass is 16.3. The Hall–Kier alpha value is -2.07. The average molecular weight is 284 g/mol. The van der Waals surface area contributed by atoms with E-state index >= 15 is 0 Å². The van der Waals surface area contributed by atoms with Crippen molar-refractivity contribution in [3.8, 4) is 5.75 Å². The molecule has 0 aromatic heterocycles. The standard InChI is InChI=1S/C17H20N2O2/c18-10-3-11-19(13-7-8-13)17(21)15-9-6-12-4-1-2-5-14(12)16(15)20/h1-2,4-6,9,13,20H,3,7-8,10-11,18H2. The van der Waals surface area contributed by atoms with Gasteiger partial charge in [-0.3, -0.25) is 4.79 Å². The number of rotatable bonds is 5. The summed E-state index contributed by atoms with van der Waals surface area (Å²) in [5.41, 5.74) is 5.94. The van der Waals surface area contributed by atoms with E-state index in [1.54, 1.807) is 6.07 Å². The molecule has 1 saturated carbocycles. The molecule has 0 aliphatic heterocycles. The number of hydrogen-bond acceptors (Lipinski definition) is 3. The van der Waals surface area contributed by atoms with Crippen molar-refractivity contribution in [2.24, 2.45) is 5.73 Å². The molecule has 1 aliphatic carbocycles. The van der Waals surface area contributed by atoms with Gasteiger partial charge in [-0.1, -0.05) is 30.3 Å². The van der Waals surface area contributed by atoms with Gasteiger partial charge in [0.1, 0.15) is 5.75 Å². The van der Waals surface area contributed by atoms with E-state index in [0.29, 0.717) is 24.7 Å². The van der Waals surface area contributed by atoms with Crippen LogP contribution >= 0.6 is 0 Å². The lowest BCUT2D eigenvalue weighted by Crippen LogP contribution is -2.35. The van der Waals surface area contributed by atoms with Crippen LogP contribution in [0.2, 0.25) is 0 Å². The fourth-order valence-corrected chi connectivity index (χ4v) is 2.68. The molecule has 0 bridgehead atoms. The molecule has 0 heterocycles. The van der Waals surface area contributed by atoms with Crippen LogP contribution in [0.1, 0.15) is 29.6 Å². The van der Waals surface area contributed by atoms with E-state index in [1.807, 2.05) is 35.2 Å². The van der Waals surface area contributed by atoms with Crippen molar-refractivity contribution in [2.45, 2.75) is 25.3 Å². The van der Waals surface area contributed by atoms with E-state index in [-0.39, 0.29) is 11.7 Å². The second-order valence-corrected chi connectivity index (χ2v) is 5.55. The summed E-state index contributed by atoms with van der Waals surface area (Å²) in [4.78, 5) is 14.6. The molecule has 2 aromatic carbocycles. The smallest absolute Gasteiger partial charge is 0.257 e. The molecule has 4 heteroatoms. The van der Waals surface area contributed by atoms with Crippen molar-refractivity contribution < 1.29 is 9.90 Å². The van der Waals surface area contributed by atoms with Gasteiger partial charge in [0.2, 0.25) is 0 Å². The Morgan fingerprint density at radius 1 is 1.24 bits per heavy atom. The van der Waals surface area contributed by atoms with Gasteiger partial charge in [-0.15, -0.1) is 0 Å². The molecule has 1 aliphatic rings. The first-order valence-electron chi connectivity index (χ1n) is 7.44. The van der Waals surface area contributed by atoms with Crippen molar-refractivity contribution in [2.75, 3.05) is 13.1 Å². The minimum absolute atomic E-state index is 0.0801. The number of carbonyl (C=O) groups is 1. The summed E-state index contributed by atoms with van der Waals surface area (Å²) in [6.07, 6.45) is 2.88. The van der Waals surface area contributed by atoms with Gasteiger partial charge in [0.25, 0.3) is 5.91 Å². The first kappa shape index (κ1) is 13.9. The summed E-state index contributed by atoms with van der Waals surface area (Å²) in [6.45, 7) is 1.23. The van der Waals surface area contributed by atoms with Gasteiger partial charge in [0.15, 0.2) is 0 Å². The molecule has 0 atom stereocenters. The first-order valence-corrected chi connectivity index (χ1v) is 7.44. The second kappa shape index (κ2) is 5.74. The van der Waals surface area contributed by atoms with Gasteiger partial charge < -0.3 is 15.7 Å². The van der Waals surface area contributed by atoms with Crippen LogP contribution in [0.5, 0.6) is 5.75 Å². The Morgan fingerprint density at radius 2 is 2.00 bits per heavy atom. The van der Waals surface area contributed by atoms with Gasteiger partial charge >= 0.3 is 0 Å². The maximum Gasteiger partial charge on any atom is 0.257 e. The van der Waals surface area contributed by atoms with E-state index in [0.717, 1.165) is 30.0 Å². The van der Waals surface area contributed by atoms with Gasteiger partial charge in [-0.25, -0.2) is 0 Å². The summed E-state index contributed by atoms with van der Waals surface area (Å²) in [7, 11) is 0. The predicted molar refractivity (Wildman–Crippen MR) is 83.3 cm³/mol. The summed E-state index contributed by atoms with van der Waals surface area (Å²) in [5, 5.41) is 12.1. The highest BCUT2D eigenvalue weighted by Gasteiger charge is 2.33. The molecule has 0 radical (unpaired) electrons. The quantitative estimate of drug-likeness (QED) is 0.886. The molecule has 3 N–H and O–H groups in total. The largest absolute Gasteiger partial charge is 0.506 e. The number of fused-ring (bicyclic) bond motifs is 1. The predicted octanol–water partition coefficient (Wildman–Crippen LogP) is 2.50. The Morgan fingerprint density at radius 3 is 2.71 bits per heavy atom. The Kier molecular flexibility index (Phi) is 3.80. The number of phenolic OH excluding ortho intramolecular Hbond substituents is 1. The highest BCUT2D eigenvalue weighted by molar-refractivity contribution is 6.03. The molecular weight excluding hydrogens is 264 g/mol. The van der Waals surface area contributed by atoms with E-state index in [4.69, 9.17) is 5.73 Å². The molecule has 3 rings (SSSR count). The Bertz CT molecular complexity index is 665. The number of hydrogen-bond donors (Lipinski definition) is 2. The van der Waals surface area contributed by atoms with Crippen LogP contribution in [0.3, 0.4) is 0 Å². The van der Waals surface area contributed by atoms with Crippen LogP contribution in [0.4, 0.5) is 0 Å². The van der Waals surface area contributed by atoms with Gasteiger partial charge in [0.05, 0.1) is 5.56 Å². The lowest BCUT2D eigenvalue weighted by atomic mass is 10.0. The molecule has 0 unspecified atom stereocenters. The molecule has 0 saturated heterocycles. The summed E-state index contributed by atoms with van der Waals surface area (Å²) in [5.74, 6) is -0.00861. The van der Waals surface area contributed by atoms with Crippen molar-refractivity contribution >= 4 is 16.7 Å². The van der Waals surface area contributed by atoms with E-state index < -0.39 is 0 Å². The van der Waals surface area contributed by atoms with Crippen molar-refractivity contribution in [1.82, 2.24) is 4.90 Å². The highest BCUT2D eigenvalue weighted by Crippen LogP contribution is 2.33. The number of benzene rings is 2. The molecule has 21 heavy (non-hydrogen) atoms. The topological polar surface area (TPSA) is 66.6 Å². The van der Waals surface area contributed by atoms with Crippen LogP contribution in [-0.4, -0.2) is 35.0 Å². The molecule has 2 aromatic rings. The zero-order valence-electron chi connectivity index (χ0n) is 12.0. The molecular formula is C17H20N2O2. The zero-order chi connectivity index (χ0) is 14.8. The van der Waals surface area contributed by atoms with Crippen LogP contribution in [-0.2, 0) is 0 Å². The molecule has 1 amide bonds. The third kappa shape index (κ3) is 2.72. The molecule has 1 fully saturated rings. The van der Waals surface area contributed by atoms with Gasteiger partial charge in [-0.2, -0.15) is 0 Å². The number of carbonyl (C=O) groups excluding carboxylic acids is 1. The maximum atomic E-state index is 12.7. The lowest BCUT2D eigenvalue weighted by Gasteiger charge is -2.23. The average Bonchev–Trinajstić information content (AvgIpc) is 3.33. The van der Waals surface area contributed by atoms with Crippen LogP contribution in [0.15, 0.2) is 36.4 Å².